The van der Waals surface area contributed by atoms with Gasteiger partial charge >= 0.3 is 0 Å². The van der Waals surface area contributed by atoms with Crippen LogP contribution >= 0.6 is 0 Å². The molecule has 6 heteroatoms. The second kappa shape index (κ2) is 11.4. The number of likely N-dealkylation sites (tertiary alicyclic amines) is 1. The smallest absolute Gasteiger partial charge is 0.295 e. The third kappa shape index (κ3) is 5.29. The van der Waals surface area contributed by atoms with Gasteiger partial charge in [0.15, 0.2) is 0 Å². The Kier molecular flexibility index (Phi) is 8.14. The van der Waals surface area contributed by atoms with E-state index in [0.717, 1.165) is 52.2 Å². The number of ether oxygens (including phenoxy) is 1. The Labute approximate surface area is 231 Å². The maximum atomic E-state index is 13.6. The molecular formula is C33H38N2O4. The molecule has 0 aliphatic carbocycles. The summed E-state index contributed by atoms with van der Waals surface area (Å²) in [6, 6.07) is 17.0. The van der Waals surface area contributed by atoms with Crippen LogP contribution in [0.3, 0.4) is 0 Å². The summed E-state index contributed by atoms with van der Waals surface area (Å²) in [4.78, 5) is 31.0. The largest absolute Gasteiger partial charge is 0.507 e. The molecule has 1 aliphatic heterocycles. The van der Waals surface area contributed by atoms with Gasteiger partial charge < -0.3 is 19.6 Å². The predicted octanol–water partition coefficient (Wildman–Crippen LogP) is 6.40. The van der Waals surface area contributed by atoms with Gasteiger partial charge in [-0.15, -0.1) is 0 Å². The Morgan fingerprint density at radius 1 is 0.897 bits per heavy atom. The van der Waals surface area contributed by atoms with Crippen LogP contribution < -0.4 is 9.64 Å². The average molecular weight is 527 g/mol. The second-order valence-electron chi connectivity index (χ2n) is 10.3. The number of aryl methyl sites for hydroxylation is 4. The van der Waals surface area contributed by atoms with Crippen molar-refractivity contribution in [1.29, 1.82) is 0 Å². The zero-order valence-corrected chi connectivity index (χ0v) is 24.0. The lowest BCUT2D eigenvalue weighted by Gasteiger charge is -2.27. The van der Waals surface area contributed by atoms with Gasteiger partial charge in [-0.3, -0.25) is 9.59 Å². The van der Waals surface area contributed by atoms with Crippen molar-refractivity contribution in [2.75, 3.05) is 25.1 Å². The highest BCUT2D eigenvalue weighted by Crippen LogP contribution is 2.43. The summed E-state index contributed by atoms with van der Waals surface area (Å²) in [6.45, 7) is 14.0. The highest BCUT2D eigenvalue weighted by Gasteiger charge is 2.46. The molecule has 0 saturated carbocycles. The summed E-state index contributed by atoms with van der Waals surface area (Å²) >= 11 is 0. The number of nitrogens with zero attached hydrogens (tertiary/aromatic N) is 2. The van der Waals surface area contributed by atoms with Crippen molar-refractivity contribution in [3.8, 4) is 5.75 Å². The summed E-state index contributed by atoms with van der Waals surface area (Å²) in [6.07, 6.45) is 0. The third-order valence-corrected chi connectivity index (χ3v) is 7.60. The molecule has 0 radical (unpaired) electrons. The first-order chi connectivity index (χ1) is 18.6. The van der Waals surface area contributed by atoms with Crippen molar-refractivity contribution in [3.05, 3.63) is 99.1 Å². The van der Waals surface area contributed by atoms with Crippen LogP contribution in [0.4, 0.5) is 5.69 Å². The van der Waals surface area contributed by atoms with Gasteiger partial charge in [0.05, 0.1) is 24.3 Å². The molecule has 1 amide bonds. The minimum Gasteiger partial charge on any atom is -0.507 e. The molecule has 1 unspecified atom stereocenters. The lowest BCUT2D eigenvalue weighted by Crippen LogP contribution is -2.29. The van der Waals surface area contributed by atoms with Crippen LogP contribution in [0.15, 0.2) is 60.2 Å². The summed E-state index contributed by atoms with van der Waals surface area (Å²) in [5.74, 6) is -1.07. The van der Waals surface area contributed by atoms with Crippen LogP contribution in [0.25, 0.3) is 5.76 Å². The molecule has 1 aliphatic rings. The van der Waals surface area contributed by atoms with Gasteiger partial charge in [0, 0.05) is 25.3 Å². The normalized spacial score (nSPS) is 16.6. The molecule has 0 spiro atoms. The first kappa shape index (κ1) is 28.0. The number of aliphatic hydroxyl groups is 1. The van der Waals surface area contributed by atoms with Crippen molar-refractivity contribution in [3.63, 3.8) is 0 Å². The quantitative estimate of drug-likeness (QED) is 0.209. The molecule has 6 nitrogen and oxygen atoms in total. The van der Waals surface area contributed by atoms with Crippen LogP contribution in [-0.4, -0.2) is 41.9 Å². The molecule has 1 N–H and O–H groups in total. The standard InChI is InChI=1S/C33H38N2O4/c1-8-34(9-2)26-14-12-24(13-15-26)29-28(30(36)27-18-21(4)16-23(6)32(27)39-7)31(37)33(38)35(29)19-25-17-20(3)10-11-22(25)5/h10-18,29,36H,8-9,19H2,1-7H3/b30-28+. The predicted molar refractivity (Wildman–Crippen MR) is 156 cm³/mol. The highest BCUT2D eigenvalue weighted by molar-refractivity contribution is 6.46. The van der Waals surface area contributed by atoms with Crippen molar-refractivity contribution in [2.24, 2.45) is 0 Å². The van der Waals surface area contributed by atoms with E-state index in [-0.39, 0.29) is 17.9 Å². The minimum atomic E-state index is -0.749. The number of Topliss-reactive ketones (excluding diaryl/α,β-unsaturated/α-hetero) is 1. The van der Waals surface area contributed by atoms with Gasteiger partial charge in [-0.2, -0.15) is 0 Å². The molecule has 1 heterocycles. The maximum absolute atomic E-state index is 13.6. The minimum absolute atomic E-state index is 0.0733. The molecule has 1 fully saturated rings. The Hall–Kier alpha value is -4.06. The van der Waals surface area contributed by atoms with Crippen LogP contribution in [0, 0.1) is 27.7 Å². The molecule has 1 atom stereocenters. The van der Waals surface area contributed by atoms with Crippen LogP contribution in [0.5, 0.6) is 5.75 Å². The molecule has 1 saturated heterocycles. The molecule has 0 aromatic heterocycles. The van der Waals surface area contributed by atoms with E-state index in [2.05, 4.69) is 18.7 Å². The highest BCUT2D eigenvalue weighted by atomic mass is 16.5. The van der Waals surface area contributed by atoms with Crippen molar-refractivity contribution in [2.45, 2.75) is 54.1 Å². The summed E-state index contributed by atoms with van der Waals surface area (Å²) in [5, 5.41) is 11.7. The van der Waals surface area contributed by atoms with Gasteiger partial charge in [0.25, 0.3) is 11.7 Å². The fourth-order valence-electron chi connectivity index (χ4n) is 5.55. The number of anilines is 1. The van der Waals surface area contributed by atoms with E-state index >= 15 is 0 Å². The summed E-state index contributed by atoms with van der Waals surface area (Å²) in [7, 11) is 1.54. The van der Waals surface area contributed by atoms with E-state index in [1.807, 2.05) is 76.2 Å². The second-order valence-corrected chi connectivity index (χ2v) is 10.3. The van der Waals surface area contributed by atoms with E-state index in [4.69, 9.17) is 4.74 Å². The molecule has 3 aromatic rings. The number of methoxy groups -OCH3 is 1. The summed E-state index contributed by atoms with van der Waals surface area (Å²) < 4.78 is 5.62. The number of ketones is 1. The number of benzene rings is 3. The zero-order chi connectivity index (χ0) is 28.4. The van der Waals surface area contributed by atoms with Crippen molar-refractivity contribution >= 4 is 23.1 Å². The average Bonchev–Trinajstić information content (AvgIpc) is 3.16. The van der Waals surface area contributed by atoms with E-state index in [1.54, 1.807) is 11.0 Å². The first-order valence-electron chi connectivity index (χ1n) is 13.5. The zero-order valence-electron chi connectivity index (χ0n) is 24.0. The van der Waals surface area contributed by atoms with Crippen LogP contribution in [0.1, 0.15) is 58.8 Å². The van der Waals surface area contributed by atoms with Crippen LogP contribution in [-0.2, 0) is 16.1 Å². The molecule has 0 bridgehead atoms. The molecule has 3 aromatic carbocycles. The molecule has 4 rings (SSSR count). The Bertz CT molecular complexity index is 1430. The van der Waals surface area contributed by atoms with Gasteiger partial charge in [0.2, 0.25) is 0 Å². The maximum Gasteiger partial charge on any atom is 0.295 e. The number of carbonyl (C=O) groups excluding carboxylic acids is 2. The van der Waals surface area contributed by atoms with E-state index < -0.39 is 17.7 Å². The number of hydrogen-bond acceptors (Lipinski definition) is 5. The number of amides is 1. The van der Waals surface area contributed by atoms with Gasteiger partial charge in [0.1, 0.15) is 11.5 Å². The van der Waals surface area contributed by atoms with Gasteiger partial charge in [-0.25, -0.2) is 0 Å². The SMILES string of the molecule is CCN(CC)c1ccc(C2/C(=C(\O)c3cc(C)cc(C)c3OC)C(=O)C(=O)N2Cc2cc(C)ccc2C)cc1. The molecule has 39 heavy (non-hydrogen) atoms. The molecule has 204 valence electrons. The Morgan fingerprint density at radius 3 is 2.18 bits per heavy atom. The topological polar surface area (TPSA) is 70.1 Å². The Morgan fingerprint density at radius 2 is 1.56 bits per heavy atom. The summed E-state index contributed by atoms with van der Waals surface area (Å²) in [5.41, 5.74) is 7.13. The van der Waals surface area contributed by atoms with E-state index in [0.29, 0.717) is 11.3 Å². The van der Waals surface area contributed by atoms with E-state index in [1.165, 1.54) is 7.11 Å². The third-order valence-electron chi connectivity index (χ3n) is 7.60. The lowest BCUT2D eigenvalue weighted by molar-refractivity contribution is -0.140. The number of rotatable bonds is 8. The van der Waals surface area contributed by atoms with E-state index in [9.17, 15) is 14.7 Å². The fraction of sp³-hybridized carbons (Fsp3) is 0.333. The lowest BCUT2D eigenvalue weighted by atomic mass is 9.93. The fourth-order valence-corrected chi connectivity index (χ4v) is 5.55. The van der Waals surface area contributed by atoms with Crippen molar-refractivity contribution in [1.82, 2.24) is 4.90 Å². The van der Waals surface area contributed by atoms with Gasteiger partial charge in [-0.1, -0.05) is 42.0 Å². The van der Waals surface area contributed by atoms with Crippen molar-refractivity contribution < 1.29 is 19.4 Å². The monoisotopic (exact) mass is 526 g/mol. The number of hydrogen-bond donors (Lipinski definition) is 1. The first-order valence-corrected chi connectivity index (χ1v) is 13.5. The number of carbonyl (C=O) groups is 2. The Balaban J connectivity index is 1.92. The van der Waals surface area contributed by atoms with Crippen LogP contribution in [0.2, 0.25) is 0 Å². The van der Waals surface area contributed by atoms with Gasteiger partial charge in [-0.05, 0) is 87.6 Å². The molecular weight excluding hydrogens is 488 g/mol. The number of aliphatic hydroxyl groups excluding tert-OH is 1.